The fourth-order valence-electron chi connectivity index (χ4n) is 3.44. The molecule has 0 saturated carbocycles. The predicted octanol–water partition coefficient (Wildman–Crippen LogP) is 3.23. The summed E-state index contributed by atoms with van der Waals surface area (Å²) in [6.45, 7) is 4.34. The third-order valence-electron chi connectivity index (χ3n) is 5.30. The largest absolute Gasteiger partial charge is 0.363 e. The Kier molecular flexibility index (Phi) is 6.10. The number of anilines is 1. The molecule has 1 N–H and O–H groups in total. The van der Waals surface area contributed by atoms with E-state index in [2.05, 4.69) is 10.3 Å². The van der Waals surface area contributed by atoms with Gasteiger partial charge in [-0.05, 0) is 31.5 Å². The van der Waals surface area contributed by atoms with Gasteiger partial charge in [0, 0.05) is 44.9 Å². The summed E-state index contributed by atoms with van der Waals surface area (Å²) in [5.74, 6) is -0.934. The molecular formula is C21H24F2N4O2. The number of likely N-dealkylation sites (tertiary alicyclic amines) is 1. The summed E-state index contributed by atoms with van der Waals surface area (Å²) in [5.41, 5.74) is 0.772. The molecule has 1 aromatic heterocycles. The first-order valence-corrected chi connectivity index (χ1v) is 9.46. The van der Waals surface area contributed by atoms with E-state index in [0.717, 1.165) is 12.5 Å². The van der Waals surface area contributed by atoms with Gasteiger partial charge in [-0.1, -0.05) is 6.07 Å². The molecule has 154 valence electrons. The number of carbonyl (C=O) groups excluding carboxylic acids is 2. The van der Waals surface area contributed by atoms with Crippen molar-refractivity contribution in [1.82, 2.24) is 14.8 Å². The first-order chi connectivity index (χ1) is 13.8. The number of pyridine rings is 1. The lowest BCUT2D eigenvalue weighted by Gasteiger charge is -2.23. The summed E-state index contributed by atoms with van der Waals surface area (Å²) in [5, 5.41) is 3.05. The highest BCUT2D eigenvalue weighted by molar-refractivity contribution is 5.94. The highest BCUT2D eigenvalue weighted by Gasteiger charge is 2.30. The Morgan fingerprint density at radius 1 is 1.28 bits per heavy atom. The van der Waals surface area contributed by atoms with E-state index in [4.69, 9.17) is 0 Å². The van der Waals surface area contributed by atoms with Gasteiger partial charge in [0.05, 0.1) is 17.6 Å². The maximum atomic E-state index is 13.9. The number of hydrogen-bond acceptors (Lipinski definition) is 4. The third-order valence-corrected chi connectivity index (χ3v) is 5.30. The molecule has 0 spiro atoms. The van der Waals surface area contributed by atoms with Gasteiger partial charge < -0.3 is 15.1 Å². The lowest BCUT2D eigenvalue weighted by molar-refractivity contribution is -0.129. The van der Waals surface area contributed by atoms with Gasteiger partial charge in [-0.15, -0.1) is 0 Å². The summed E-state index contributed by atoms with van der Waals surface area (Å²) < 4.78 is 27.0. The fraction of sp³-hybridized carbons (Fsp3) is 0.381. The van der Waals surface area contributed by atoms with E-state index < -0.39 is 17.7 Å². The SMILES string of the molecule is CC(=O)N(C)[C@H]1CCN(C(=O)c2ccc(N[C@@H](C)c3ccc(F)cc3F)nc2)C1. The molecule has 1 aliphatic heterocycles. The minimum absolute atomic E-state index is 0.0203. The zero-order valence-corrected chi connectivity index (χ0v) is 16.7. The van der Waals surface area contributed by atoms with Crippen LogP contribution < -0.4 is 5.32 Å². The van der Waals surface area contributed by atoms with E-state index in [0.29, 0.717) is 30.0 Å². The summed E-state index contributed by atoms with van der Waals surface area (Å²) in [6.07, 6.45) is 2.22. The Hall–Kier alpha value is -3.03. The molecule has 0 unspecified atom stereocenters. The lowest BCUT2D eigenvalue weighted by atomic mass is 10.1. The molecule has 2 amide bonds. The molecule has 1 saturated heterocycles. The Morgan fingerprint density at radius 2 is 2.03 bits per heavy atom. The van der Waals surface area contributed by atoms with E-state index in [9.17, 15) is 18.4 Å². The van der Waals surface area contributed by atoms with Crippen LogP contribution in [0.5, 0.6) is 0 Å². The first kappa shape index (κ1) is 20.7. The Bertz CT molecular complexity index is 904. The van der Waals surface area contributed by atoms with Gasteiger partial charge in [0.1, 0.15) is 17.5 Å². The molecule has 2 atom stereocenters. The van der Waals surface area contributed by atoms with Gasteiger partial charge in [0.2, 0.25) is 5.91 Å². The highest BCUT2D eigenvalue weighted by atomic mass is 19.1. The monoisotopic (exact) mass is 402 g/mol. The lowest BCUT2D eigenvalue weighted by Crippen LogP contribution is -2.38. The van der Waals surface area contributed by atoms with Gasteiger partial charge in [-0.3, -0.25) is 9.59 Å². The molecule has 0 radical (unpaired) electrons. The van der Waals surface area contributed by atoms with E-state index in [1.807, 2.05) is 0 Å². The fourth-order valence-corrected chi connectivity index (χ4v) is 3.44. The number of benzene rings is 1. The van der Waals surface area contributed by atoms with Crippen LogP contribution in [0.1, 0.15) is 42.2 Å². The van der Waals surface area contributed by atoms with Crippen LogP contribution in [0.3, 0.4) is 0 Å². The molecule has 1 aromatic carbocycles. The van der Waals surface area contributed by atoms with Crippen molar-refractivity contribution in [1.29, 1.82) is 0 Å². The van der Waals surface area contributed by atoms with Crippen LogP contribution in [-0.4, -0.2) is 52.8 Å². The second kappa shape index (κ2) is 8.55. The van der Waals surface area contributed by atoms with Crippen LogP contribution in [0.4, 0.5) is 14.6 Å². The summed E-state index contributed by atoms with van der Waals surface area (Å²) in [6, 6.07) is 6.35. The number of likely N-dealkylation sites (N-methyl/N-ethyl adjacent to an activating group) is 1. The van der Waals surface area contributed by atoms with E-state index in [1.165, 1.54) is 25.3 Å². The minimum atomic E-state index is -0.629. The summed E-state index contributed by atoms with van der Waals surface area (Å²) in [7, 11) is 1.74. The van der Waals surface area contributed by atoms with Gasteiger partial charge in [0.25, 0.3) is 5.91 Å². The molecule has 1 fully saturated rings. The molecule has 0 bridgehead atoms. The number of aromatic nitrogens is 1. The molecule has 29 heavy (non-hydrogen) atoms. The van der Waals surface area contributed by atoms with Crippen LogP contribution >= 0.6 is 0 Å². The number of carbonyl (C=O) groups is 2. The van der Waals surface area contributed by atoms with Crippen LogP contribution in [-0.2, 0) is 4.79 Å². The summed E-state index contributed by atoms with van der Waals surface area (Å²) in [4.78, 5) is 31.8. The standard InChI is InChI=1S/C21H24F2N4O2/c1-13(18-6-5-16(22)10-19(18)23)25-20-7-4-15(11-24-20)21(29)27-9-8-17(12-27)26(3)14(2)28/h4-7,10-11,13,17H,8-9,12H2,1-3H3,(H,24,25)/t13-,17-/m0/s1. The normalized spacial score (nSPS) is 17.1. The van der Waals surface area contributed by atoms with Gasteiger partial charge in [-0.2, -0.15) is 0 Å². The van der Waals surface area contributed by atoms with Crippen LogP contribution in [0.2, 0.25) is 0 Å². The average molecular weight is 402 g/mol. The molecule has 3 rings (SSSR count). The van der Waals surface area contributed by atoms with E-state index in [1.54, 1.807) is 35.9 Å². The van der Waals surface area contributed by atoms with Crippen molar-refractivity contribution < 1.29 is 18.4 Å². The highest BCUT2D eigenvalue weighted by Crippen LogP contribution is 2.22. The van der Waals surface area contributed by atoms with Crippen molar-refractivity contribution in [3.63, 3.8) is 0 Å². The Morgan fingerprint density at radius 3 is 2.66 bits per heavy atom. The molecule has 8 heteroatoms. The maximum Gasteiger partial charge on any atom is 0.255 e. The number of hydrogen-bond donors (Lipinski definition) is 1. The minimum Gasteiger partial charge on any atom is -0.363 e. The zero-order valence-electron chi connectivity index (χ0n) is 16.7. The second-order valence-electron chi connectivity index (χ2n) is 7.29. The smallest absolute Gasteiger partial charge is 0.255 e. The van der Waals surface area contributed by atoms with E-state index >= 15 is 0 Å². The van der Waals surface area contributed by atoms with Gasteiger partial charge in [-0.25, -0.2) is 13.8 Å². The Balaban J connectivity index is 1.62. The predicted molar refractivity (Wildman–Crippen MR) is 105 cm³/mol. The maximum absolute atomic E-state index is 13.9. The quantitative estimate of drug-likeness (QED) is 0.834. The number of amides is 2. The van der Waals surface area contributed by atoms with Crippen LogP contribution in [0.15, 0.2) is 36.5 Å². The van der Waals surface area contributed by atoms with Crippen LogP contribution in [0, 0.1) is 11.6 Å². The van der Waals surface area contributed by atoms with Gasteiger partial charge in [0.15, 0.2) is 0 Å². The van der Waals surface area contributed by atoms with Gasteiger partial charge >= 0.3 is 0 Å². The van der Waals surface area contributed by atoms with Crippen molar-refractivity contribution in [3.05, 3.63) is 59.3 Å². The zero-order chi connectivity index (χ0) is 21.1. The van der Waals surface area contributed by atoms with Crippen molar-refractivity contribution in [2.45, 2.75) is 32.4 Å². The van der Waals surface area contributed by atoms with E-state index in [-0.39, 0.29) is 17.9 Å². The van der Waals surface area contributed by atoms with Crippen molar-refractivity contribution in [3.8, 4) is 0 Å². The number of nitrogens with one attached hydrogen (secondary N) is 1. The number of nitrogens with zero attached hydrogens (tertiary/aromatic N) is 3. The number of rotatable bonds is 5. The molecule has 1 aliphatic rings. The van der Waals surface area contributed by atoms with Crippen molar-refractivity contribution in [2.24, 2.45) is 0 Å². The molecule has 6 nitrogen and oxygen atoms in total. The third kappa shape index (κ3) is 4.70. The molecule has 2 aromatic rings. The molecular weight excluding hydrogens is 378 g/mol. The Labute approximate surface area is 168 Å². The average Bonchev–Trinajstić information content (AvgIpc) is 3.17. The van der Waals surface area contributed by atoms with Crippen molar-refractivity contribution in [2.75, 3.05) is 25.5 Å². The first-order valence-electron chi connectivity index (χ1n) is 9.46. The summed E-state index contributed by atoms with van der Waals surface area (Å²) >= 11 is 0. The van der Waals surface area contributed by atoms with Crippen molar-refractivity contribution >= 4 is 17.6 Å². The second-order valence-corrected chi connectivity index (χ2v) is 7.29. The molecule has 0 aliphatic carbocycles. The molecule has 2 heterocycles. The topological polar surface area (TPSA) is 65.5 Å². The number of halogens is 2. The van der Waals surface area contributed by atoms with Crippen LogP contribution in [0.25, 0.3) is 0 Å².